The van der Waals surface area contributed by atoms with Gasteiger partial charge in [0.1, 0.15) is 48.4 Å². The van der Waals surface area contributed by atoms with E-state index in [2.05, 4.69) is 16.0 Å². The summed E-state index contributed by atoms with van der Waals surface area (Å²) >= 11 is 0. The molecule has 5 aromatic rings. The molecular formula is C47H49N3O12. The first kappa shape index (κ1) is 45.5. The van der Waals surface area contributed by atoms with Crippen LogP contribution >= 0.6 is 0 Å². The third-order valence-electron chi connectivity index (χ3n) is 9.08. The molecule has 0 aliphatic carbocycles. The molecule has 6 N–H and O–H groups in total. The maximum absolute atomic E-state index is 13.6. The Labute approximate surface area is 358 Å². The highest BCUT2D eigenvalue weighted by Gasteiger charge is 2.29. The lowest BCUT2D eigenvalue weighted by molar-refractivity contribution is -0.142. The number of amides is 3. The molecule has 0 aromatic heterocycles. The zero-order valence-corrected chi connectivity index (χ0v) is 34.4. The second-order valence-corrected chi connectivity index (χ2v) is 15.3. The van der Waals surface area contributed by atoms with Gasteiger partial charge in [-0.25, -0.2) is 19.2 Å². The number of phenolic OH excluding ortho intramolecular Hbond substituents is 1. The summed E-state index contributed by atoms with van der Waals surface area (Å²) in [5.41, 5.74) is 2.39. The van der Waals surface area contributed by atoms with E-state index in [0.29, 0.717) is 28.2 Å². The van der Waals surface area contributed by atoms with Crippen molar-refractivity contribution in [3.63, 3.8) is 0 Å². The van der Waals surface area contributed by atoms with E-state index in [-0.39, 0.29) is 44.0 Å². The van der Waals surface area contributed by atoms with Crippen molar-refractivity contribution in [3.8, 4) is 23.0 Å². The van der Waals surface area contributed by atoms with Crippen LogP contribution in [0.1, 0.15) is 48.6 Å². The predicted octanol–water partition coefficient (Wildman–Crippen LogP) is 6.93. The lowest BCUT2D eigenvalue weighted by Gasteiger charge is -2.24. The summed E-state index contributed by atoms with van der Waals surface area (Å²) in [5.74, 6) is -2.39. The third kappa shape index (κ3) is 14.9. The van der Waals surface area contributed by atoms with Crippen LogP contribution in [0.4, 0.5) is 9.59 Å². The van der Waals surface area contributed by atoms with E-state index in [1.807, 2.05) is 36.4 Å². The van der Waals surface area contributed by atoms with Crippen molar-refractivity contribution >= 4 is 30.0 Å². The number of phenols is 1. The highest BCUT2D eigenvalue weighted by Crippen LogP contribution is 2.34. The van der Waals surface area contributed by atoms with Gasteiger partial charge in [-0.1, -0.05) is 91.0 Å². The fraction of sp³-hybridized carbons (Fsp3) is 0.255. The number of hydrogen-bond acceptors (Lipinski definition) is 10. The van der Waals surface area contributed by atoms with E-state index in [1.165, 1.54) is 12.1 Å². The molecule has 3 amide bonds. The van der Waals surface area contributed by atoms with Crippen molar-refractivity contribution in [2.45, 2.75) is 77.0 Å². The minimum Gasteiger partial charge on any atom is -0.508 e. The van der Waals surface area contributed by atoms with Crippen LogP contribution in [-0.2, 0) is 56.3 Å². The summed E-state index contributed by atoms with van der Waals surface area (Å²) in [4.78, 5) is 63.5. The molecule has 0 radical (unpaired) electrons. The number of nitrogens with one attached hydrogen (secondary N) is 3. The van der Waals surface area contributed by atoms with Crippen molar-refractivity contribution < 1.29 is 58.2 Å². The number of hydrogen-bond donors (Lipinski definition) is 6. The number of rotatable bonds is 19. The summed E-state index contributed by atoms with van der Waals surface area (Å²) < 4.78 is 23.0. The smallest absolute Gasteiger partial charge is 0.408 e. The van der Waals surface area contributed by atoms with Gasteiger partial charge in [0.2, 0.25) is 5.91 Å². The van der Waals surface area contributed by atoms with Crippen molar-refractivity contribution in [1.82, 2.24) is 16.0 Å². The minimum atomic E-state index is -1.35. The van der Waals surface area contributed by atoms with Crippen molar-refractivity contribution in [2.24, 2.45) is 0 Å². The van der Waals surface area contributed by atoms with E-state index in [0.717, 1.165) is 11.1 Å². The summed E-state index contributed by atoms with van der Waals surface area (Å²) in [6.07, 6.45) is -2.03. The second-order valence-electron chi connectivity index (χ2n) is 15.3. The monoisotopic (exact) mass is 847 g/mol. The Kier molecular flexibility index (Phi) is 15.9. The Balaban J connectivity index is 1.33. The number of aromatic hydroxyl groups is 1. The average molecular weight is 848 g/mol. The molecular weight excluding hydrogens is 799 g/mol. The first-order valence-corrected chi connectivity index (χ1v) is 19.7. The zero-order chi connectivity index (χ0) is 44.6. The fourth-order valence-corrected chi connectivity index (χ4v) is 6.01. The molecule has 3 atom stereocenters. The highest BCUT2D eigenvalue weighted by atomic mass is 16.6. The van der Waals surface area contributed by atoms with Crippen LogP contribution in [0.2, 0.25) is 0 Å². The standard InChI is InChI=1S/C47H49N3O12/c1-47(2,3)62-46(58)49-37(42(52)48-38(43(53)54)25-30-14-19-35(51)20-15-30)24-31-16-21-36(22-17-31)61-41-27-34(18-23-40(41)59-28-32-10-6-4-7-11-32)26-39(44(55)56)50-45(57)60-29-33-12-8-5-9-13-33/h4-23,27,37-39,51H,24-26,28-29H2,1-3H3,(H,48,52)(H,49,58)(H,50,57)(H,53,54)(H,55,56)/t37-,38+,39-/m0/s1. The maximum Gasteiger partial charge on any atom is 0.408 e. The number of carbonyl (C=O) groups is 5. The number of alkyl carbamates (subject to hydrolysis) is 2. The van der Waals surface area contributed by atoms with Crippen molar-refractivity contribution in [3.05, 3.63) is 155 Å². The Bertz CT molecular complexity index is 2280. The number of benzene rings is 5. The largest absolute Gasteiger partial charge is 0.508 e. The van der Waals surface area contributed by atoms with Gasteiger partial charge in [0.25, 0.3) is 0 Å². The van der Waals surface area contributed by atoms with Gasteiger partial charge in [0, 0.05) is 19.3 Å². The summed E-state index contributed by atoms with van der Waals surface area (Å²) in [6, 6.07) is 31.9. The average Bonchev–Trinajstić information content (AvgIpc) is 3.23. The first-order chi connectivity index (χ1) is 29.6. The van der Waals surface area contributed by atoms with Gasteiger partial charge in [-0.3, -0.25) is 4.79 Å². The molecule has 5 rings (SSSR count). The minimum absolute atomic E-state index is 0.00497. The number of carboxylic acid groups (broad SMARTS) is 2. The second kappa shape index (κ2) is 21.6. The van der Waals surface area contributed by atoms with Gasteiger partial charge >= 0.3 is 24.1 Å². The van der Waals surface area contributed by atoms with E-state index >= 15 is 0 Å². The first-order valence-electron chi connectivity index (χ1n) is 19.7. The predicted molar refractivity (Wildman–Crippen MR) is 227 cm³/mol. The lowest BCUT2D eigenvalue weighted by Crippen LogP contribution is -2.53. The van der Waals surface area contributed by atoms with Gasteiger partial charge in [0.15, 0.2) is 11.5 Å². The normalized spacial score (nSPS) is 12.4. The molecule has 0 unspecified atom stereocenters. The molecule has 324 valence electrons. The summed E-state index contributed by atoms with van der Waals surface area (Å²) in [5, 5.41) is 37.0. The molecule has 0 saturated heterocycles. The quantitative estimate of drug-likeness (QED) is 0.0498. The number of carbonyl (C=O) groups excluding carboxylic acids is 3. The van der Waals surface area contributed by atoms with E-state index in [9.17, 15) is 39.3 Å². The Morgan fingerprint density at radius 1 is 0.548 bits per heavy atom. The van der Waals surface area contributed by atoms with Crippen molar-refractivity contribution in [1.29, 1.82) is 0 Å². The Morgan fingerprint density at radius 2 is 1.05 bits per heavy atom. The number of carboxylic acids is 2. The number of ether oxygens (including phenoxy) is 4. The zero-order valence-electron chi connectivity index (χ0n) is 34.4. The lowest BCUT2D eigenvalue weighted by atomic mass is 10.0. The van der Waals surface area contributed by atoms with Crippen LogP contribution in [0, 0.1) is 0 Å². The summed E-state index contributed by atoms with van der Waals surface area (Å²) in [7, 11) is 0. The topological polar surface area (TPSA) is 219 Å². The van der Waals surface area contributed by atoms with Crippen LogP contribution in [0.3, 0.4) is 0 Å². The molecule has 62 heavy (non-hydrogen) atoms. The molecule has 15 nitrogen and oxygen atoms in total. The Morgan fingerprint density at radius 3 is 1.63 bits per heavy atom. The molecule has 15 heteroatoms. The fourth-order valence-electron chi connectivity index (χ4n) is 6.01. The summed E-state index contributed by atoms with van der Waals surface area (Å²) in [6.45, 7) is 5.16. The molecule has 0 fully saturated rings. The molecule has 0 aliphatic rings. The molecule has 0 spiro atoms. The highest BCUT2D eigenvalue weighted by molar-refractivity contribution is 5.89. The van der Waals surface area contributed by atoms with Crippen LogP contribution in [0.25, 0.3) is 0 Å². The van der Waals surface area contributed by atoms with Crippen LogP contribution in [-0.4, -0.2) is 69.1 Å². The Hall–Kier alpha value is -7.55. The molecule has 0 aliphatic heterocycles. The third-order valence-corrected chi connectivity index (χ3v) is 9.08. The molecule has 0 saturated carbocycles. The van der Waals surface area contributed by atoms with Crippen LogP contribution < -0.4 is 25.4 Å². The van der Waals surface area contributed by atoms with Gasteiger partial charge in [-0.2, -0.15) is 0 Å². The molecule has 5 aromatic carbocycles. The van der Waals surface area contributed by atoms with Crippen LogP contribution in [0.15, 0.2) is 127 Å². The maximum atomic E-state index is 13.6. The van der Waals surface area contributed by atoms with Gasteiger partial charge in [0.05, 0.1) is 0 Å². The van der Waals surface area contributed by atoms with Crippen LogP contribution in [0.5, 0.6) is 23.0 Å². The van der Waals surface area contributed by atoms with Gasteiger partial charge in [-0.05, 0) is 85.0 Å². The molecule has 0 bridgehead atoms. The van der Waals surface area contributed by atoms with E-state index in [1.54, 1.807) is 99.6 Å². The van der Waals surface area contributed by atoms with Gasteiger partial charge in [-0.15, -0.1) is 0 Å². The number of aliphatic carboxylic acids is 2. The van der Waals surface area contributed by atoms with E-state index in [4.69, 9.17) is 18.9 Å². The van der Waals surface area contributed by atoms with E-state index < -0.39 is 53.8 Å². The SMILES string of the molecule is CC(C)(C)OC(=O)N[C@@H](Cc1ccc(Oc2cc(C[C@H](NC(=O)OCc3ccccc3)C(=O)O)ccc2OCc2ccccc2)cc1)C(=O)N[C@H](Cc1ccc(O)cc1)C(=O)O. The molecule has 0 heterocycles. The van der Waals surface area contributed by atoms with Crippen molar-refractivity contribution in [2.75, 3.05) is 0 Å². The van der Waals surface area contributed by atoms with Gasteiger partial charge < -0.3 is 50.2 Å².